The topological polar surface area (TPSA) is 46.6 Å². The normalized spacial score (nSPS) is 28.7. The van der Waals surface area contributed by atoms with Crippen LogP contribution in [0.2, 0.25) is 0 Å². The first-order chi connectivity index (χ1) is 10.2. The van der Waals surface area contributed by atoms with Crippen molar-refractivity contribution in [2.75, 3.05) is 13.7 Å². The number of carbonyl (C=O) groups excluding carboxylic acids is 2. The van der Waals surface area contributed by atoms with E-state index in [0.29, 0.717) is 23.8 Å². The molecular weight excluding hydrogens is 266 g/mol. The zero-order valence-corrected chi connectivity index (χ0v) is 12.5. The van der Waals surface area contributed by atoms with Crippen LogP contribution in [0.5, 0.6) is 0 Å². The number of rotatable bonds is 3. The highest BCUT2D eigenvalue weighted by molar-refractivity contribution is 5.89. The third-order valence-corrected chi connectivity index (χ3v) is 4.91. The fraction of sp³-hybridized carbons (Fsp3) is 0.529. The zero-order valence-electron chi connectivity index (χ0n) is 12.5. The Hall–Kier alpha value is -1.68. The minimum absolute atomic E-state index is 0.110. The first-order valence-corrected chi connectivity index (χ1v) is 7.62. The number of piperidine rings is 2. The molecule has 3 fully saturated rings. The van der Waals surface area contributed by atoms with Gasteiger partial charge in [-0.15, -0.1) is 0 Å². The van der Waals surface area contributed by atoms with Gasteiger partial charge in [0, 0.05) is 24.4 Å². The number of esters is 1. The van der Waals surface area contributed by atoms with Crippen LogP contribution in [0.1, 0.15) is 48.1 Å². The molecule has 4 nitrogen and oxygen atoms in total. The standard InChI is InChI=1S/C17H21NO3/c1-3-18-13-8-9-14(15(19)10-13)16(18)11-4-6-12(7-5-11)17(20)21-2/h4-7,13-14,16H,3,8-10H2,1-2H3. The van der Waals surface area contributed by atoms with Crippen molar-refractivity contribution in [2.24, 2.45) is 5.92 Å². The Bertz CT molecular complexity index is 552. The van der Waals surface area contributed by atoms with E-state index < -0.39 is 0 Å². The number of nitrogens with zero attached hydrogens (tertiary/aromatic N) is 1. The van der Waals surface area contributed by atoms with Crippen LogP contribution in [0.3, 0.4) is 0 Å². The molecule has 0 spiro atoms. The smallest absolute Gasteiger partial charge is 0.337 e. The highest BCUT2D eigenvalue weighted by atomic mass is 16.5. The molecule has 112 valence electrons. The van der Waals surface area contributed by atoms with Crippen LogP contribution < -0.4 is 0 Å². The first kappa shape index (κ1) is 14.3. The summed E-state index contributed by atoms with van der Waals surface area (Å²) in [6.07, 6.45) is 2.82. The van der Waals surface area contributed by atoms with Gasteiger partial charge >= 0.3 is 5.97 Å². The second-order valence-corrected chi connectivity index (χ2v) is 5.90. The Kier molecular flexibility index (Phi) is 3.81. The molecule has 1 aliphatic carbocycles. The molecule has 0 aromatic heterocycles. The molecule has 0 N–H and O–H groups in total. The minimum atomic E-state index is -0.324. The highest BCUT2D eigenvalue weighted by Crippen LogP contribution is 2.45. The van der Waals surface area contributed by atoms with Crippen molar-refractivity contribution in [1.82, 2.24) is 4.90 Å². The summed E-state index contributed by atoms with van der Waals surface area (Å²) in [6.45, 7) is 3.11. The third-order valence-electron chi connectivity index (χ3n) is 4.91. The summed E-state index contributed by atoms with van der Waals surface area (Å²) in [5, 5.41) is 0. The maximum atomic E-state index is 12.2. The highest BCUT2D eigenvalue weighted by Gasteiger charge is 2.46. The van der Waals surface area contributed by atoms with Crippen LogP contribution in [0.25, 0.3) is 0 Å². The lowest BCUT2D eigenvalue weighted by molar-refractivity contribution is -0.137. The summed E-state index contributed by atoms with van der Waals surface area (Å²) in [5.41, 5.74) is 1.68. The molecule has 3 atom stereocenters. The van der Waals surface area contributed by atoms with Crippen molar-refractivity contribution >= 4 is 11.8 Å². The van der Waals surface area contributed by atoms with Gasteiger partial charge in [0.25, 0.3) is 0 Å². The van der Waals surface area contributed by atoms with E-state index in [1.807, 2.05) is 12.1 Å². The Labute approximate surface area is 125 Å². The molecule has 4 rings (SSSR count). The molecule has 2 bridgehead atoms. The molecule has 1 saturated carbocycles. The molecule has 2 heterocycles. The molecule has 3 aliphatic rings. The van der Waals surface area contributed by atoms with Gasteiger partial charge in [-0.3, -0.25) is 9.69 Å². The molecule has 21 heavy (non-hydrogen) atoms. The lowest BCUT2D eigenvalue weighted by Gasteiger charge is -2.50. The van der Waals surface area contributed by atoms with Crippen LogP contribution >= 0.6 is 0 Å². The van der Waals surface area contributed by atoms with Gasteiger partial charge < -0.3 is 4.74 Å². The zero-order chi connectivity index (χ0) is 15.0. The van der Waals surface area contributed by atoms with Gasteiger partial charge in [0.05, 0.1) is 12.7 Å². The van der Waals surface area contributed by atoms with Crippen molar-refractivity contribution in [3.63, 3.8) is 0 Å². The van der Waals surface area contributed by atoms with Crippen LogP contribution in [0.15, 0.2) is 24.3 Å². The van der Waals surface area contributed by atoms with E-state index in [-0.39, 0.29) is 17.9 Å². The van der Waals surface area contributed by atoms with Gasteiger partial charge in [-0.25, -0.2) is 4.79 Å². The summed E-state index contributed by atoms with van der Waals surface area (Å²) in [7, 11) is 1.38. The molecule has 0 amide bonds. The second kappa shape index (κ2) is 5.60. The Morgan fingerprint density at radius 3 is 2.57 bits per heavy atom. The summed E-state index contributed by atoms with van der Waals surface area (Å²) in [5.74, 6) is 0.187. The van der Waals surface area contributed by atoms with Crippen molar-refractivity contribution in [1.29, 1.82) is 0 Å². The average Bonchev–Trinajstić information content (AvgIpc) is 2.54. The quantitative estimate of drug-likeness (QED) is 0.802. The molecule has 1 aromatic carbocycles. The summed E-state index contributed by atoms with van der Waals surface area (Å²) < 4.78 is 4.73. The van der Waals surface area contributed by atoms with Crippen molar-refractivity contribution in [2.45, 2.75) is 38.3 Å². The number of carbonyl (C=O) groups is 2. The number of fused-ring (bicyclic) bond motifs is 3. The van der Waals surface area contributed by atoms with Crippen molar-refractivity contribution < 1.29 is 14.3 Å². The largest absolute Gasteiger partial charge is 0.465 e. The predicted octanol–water partition coefficient (Wildman–Crippen LogP) is 2.59. The predicted molar refractivity (Wildman–Crippen MR) is 79.0 cm³/mol. The number of Topliss-reactive ketones (excluding diaryl/α,β-unsaturated/α-hetero) is 1. The van der Waals surface area contributed by atoms with Crippen LogP contribution in [-0.2, 0) is 9.53 Å². The maximum absolute atomic E-state index is 12.2. The number of ether oxygens (including phenoxy) is 1. The molecule has 2 saturated heterocycles. The Morgan fingerprint density at radius 2 is 2.00 bits per heavy atom. The fourth-order valence-corrected chi connectivity index (χ4v) is 3.91. The summed E-state index contributed by atoms with van der Waals surface area (Å²) in [4.78, 5) is 26.2. The summed E-state index contributed by atoms with van der Waals surface area (Å²) >= 11 is 0. The van der Waals surface area contributed by atoms with Crippen molar-refractivity contribution in [3.8, 4) is 0 Å². The minimum Gasteiger partial charge on any atom is -0.465 e. The van der Waals surface area contributed by atoms with Gasteiger partial charge in [0.2, 0.25) is 0 Å². The van der Waals surface area contributed by atoms with E-state index in [4.69, 9.17) is 4.74 Å². The lowest BCUT2D eigenvalue weighted by Crippen LogP contribution is -2.54. The average molecular weight is 287 g/mol. The number of ketones is 1. The van der Waals surface area contributed by atoms with Gasteiger partial charge in [0.1, 0.15) is 5.78 Å². The fourth-order valence-electron chi connectivity index (χ4n) is 3.91. The van der Waals surface area contributed by atoms with Crippen molar-refractivity contribution in [3.05, 3.63) is 35.4 Å². The van der Waals surface area contributed by atoms with Crippen LogP contribution in [0, 0.1) is 5.92 Å². The van der Waals surface area contributed by atoms with E-state index in [1.165, 1.54) is 7.11 Å². The van der Waals surface area contributed by atoms with Gasteiger partial charge in [-0.2, -0.15) is 0 Å². The monoisotopic (exact) mass is 287 g/mol. The third kappa shape index (κ3) is 2.38. The van der Waals surface area contributed by atoms with E-state index >= 15 is 0 Å². The van der Waals surface area contributed by atoms with Crippen LogP contribution in [0.4, 0.5) is 0 Å². The first-order valence-electron chi connectivity index (χ1n) is 7.62. The SMILES string of the molecule is CCN1C2CCC(C(=O)C2)C1c1ccc(C(=O)OC)cc1. The molecule has 4 heteroatoms. The number of methoxy groups -OCH3 is 1. The van der Waals surface area contributed by atoms with E-state index in [1.54, 1.807) is 12.1 Å². The van der Waals surface area contributed by atoms with Gasteiger partial charge in [0.15, 0.2) is 0 Å². The van der Waals surface area contributed by atoms with Gasteiger partial charge in [-0.1, -0.05) is 19.1 Å². The second-order valence-electron chi connectivity index (χ2n) is 5.90. The van der Waals surface area contributed by atoms with E-state index in [0.717, 1.165) is 24.9 Å². The van der Waals surface area contributed by atoms with E-state index in [9.17, 15) is 9.59 Å². The van der Waals surface area contributed by atoms with E-state index in [2.05, 4.69) is 11.8 Å². The van der Waals surface area contributed by atoms with Crippen LogP contribution in [-0.4, -0.2) is 36.3 Å². The molecule has 1 aromatic rings. The Morgan fingerprint density at radius 1 is 1.29 bits per heavy atom. The Balaban J connectivity index is 1.90. The number of hydrogen-bond acceptors (Lipinski definition) is 4. The lowest BCUT2D eigenvalue weighted by atomic mass is 9.71. The maximum Gasteiger partial charge on any atom is 0.337 e. The van der Waals surface area contributed by atoms with Gasteiger partial charge in [-0.05, 0) is 37.1 Å². The summed E-state index contributed by atoms with van der Waals surface area (Å²) in [6, 6.07) is 8.07. The molecule has 3 unspecified atom stereocenters. The molecule has 2 aliphatic heterocycles. The molecule has 0 radical (unpaired) electrons. The molecular formula is C17H21NO3. The number of benzene rings is 1. The number of hydrogen-bond donors (Lipinski definition) is 0.